The summed E-state index contributed by atoms with van der Waals surface area (Å²) in [7, 11) is 0. The molecule has 0 heterocycles. The van der Waals surface area contributed by atoms with Gasteiger partial charge in [-0.2, -0.15) is 0 Å². The van der Waals surface area contributed by atoms with Crippen LogP contribution in [0.25, 0.3) is 0 Å². The van der Waals surface area contributed by atoms with Crippen LogP contribution in [0.5, 0.6) is 0 Å². The van der Waals surface area contributed by atoms with Crippen molar-refractivity contribution in [1.29, 1.82) is 0 Å². The first-order chi connectivity index (χ1) is 7.53. The molecule has 1 rings (SSSR count). The van der Waals surface area contributed by atoms with Crippen molar-refractivity contribution < 1.29 is 24.2 Å². The largest absolute Gasteiger partial charge is 0.481 e. The number of carbonyl (C=O) groups excluding carboxylic acids is 2. The topological polar surface area (TPSA) is 80.7 Å². The highest BCUT2D eigenvalue weighted by Crippen LogP contribution is 2.37. The van der Waals surface area contributed by atoms with Crippen molar-refractivity contribution in [3.8, 4) is 0 Å². The van der Waals surface area contributed by atoms with Gasteiger partial charge in [0.1, 0.15) is 5.41 Å². The standard InChI is InChI=1S/C11H16O5/c1-2-16-10(15)11(7-9(13)14)6-4-3-5-8(11)12/h2-7H2,1H3,(H,13,14)/t11-/m0/s1. The molecule has 5 heteroatoms. The van der Waals surface area contributed by atoms with Gasteiger partial charge in [-0.15, -0.1) is 0 Å². The number of carboxylic acid groups (broad SMARTS) is 1. The van der Waals surface area contributed by atoms with Crippen LogP contribution < -0.4 is 0 Å². The number of hydrogen-bond donors (Lipinski definition) is 1. The fourth-order valence-electron chi connectivity index (χ4n) is 2.09. The van der Waals surface area contributed by atoms with E-state index in [1.807, 2.05) is 0 Å². The second kappa shape index (κ2) is 5.09. The molecule has 0 aromatic carbocycles. The van der Waals surface area contributed by atoms with E-state index in [0.29, 0.717) is 6.42 Å². The van der Waals surface area contributed by atoms with Crippen molar-refractivity contribution in [1.82, 2.24) is 0 Å². The number of Topliss-reactive ketones (excluding diaryl/α,β-unsaturated/α-hetero) is 1. The zero-order valence-electron chi connectivity index (χ0n) is 9.32. The van der Waals surface area contributed by atoms with Gasteiger partial charge in [0.2, 0.25) is 0 Å². The van der Waals surface area contributed by atoms with Gasteiger partial charge in [-0.25, -0.2) is 0 Å². The Hall–Kier alpha value is -1.39. The number of hydrogen-bond acceptors (Lipinski definition) is 4. The van der Waals surface area contributed by atoms with Crippen LogP contribution in [-0.4, -0.2) is 29.4 Å². The van der Waals surface area contributed by atoms with Gasteiger partial charge in [-0.3, -0.25) is 14.4 Å². The summed E-state index contributed by atoms with van der Waals surface area (Å²) in [5.74, 6) is -2.11. The molecular weight excluding hydrogens is 212 g/mol. The first-order valence-corrected chi connectivity index (χ1v) is 5.45. The molecule has 1 saturated carbocycles. The van der Waals surface area contributed by atoms with Crippen molar-refractivity contribution in [2.24, 2.45) is 5.41 Å². The molecule has 0 amide bonds. The van der Waals surface area contributed by atoms with Crippen LogP contribution in [0, 0.1) is 5.41 Å². The van der Waals surface area contributed by atoms with Crippen LogP contribution in [0.1, 0.15) is 39.0 Å². The van der Waals surface area contributed by atoms with E-state index in [4.69, 9.17) is 9.84 Å². The summed E-state index contributed by atoms with van der Waals surface area (Å²) in [6.45, 7) is 1.80. The summed E-state index contributed by atoms with van der Waals surface area (Å²) < 4.78 is 4.83. The molecule has 1 N–H and O–H groups in total. The Morgan fingerprint density at radius 3 is 2.62 bits per heavy atom. The lowest BCUT2D eigenvalue weighted by atomic mass is 9.71. The molecule has 0 aromatic rings. The maximum atomic E-state index is 11.8. The van der Waals surface area contributed by atoms with Crippen LogP contribution in [0.15, 0.2) is 0 Å². The average molecular weight is 228 g/mol. The van der Waals surface area contributed by atoms with Crippen LogP contribution in [0.2, 0.25) is 0 Å². The molecule has 5 nitrogen and oxygen atoms in total. The molecule has 0 spiro atoms. The van der Waals surface area contributed by atoms with E-state index in [0.717, 1.165) is 6.42 Å². The minimum Gasteiger partial charge on any atom is -0.481 e. The first-order valence-electron chi connectivity index (χ1n) is 5.45. The monoisotopic (exact) mass is 228 g/mol. The lowest BCUT2D eigenvalue weighted by Gasteiger charge is -2.31. The van der Waals surface area contributed by atoms with Gasteiger partial charge in [-0.1, -0.05) is 6.42 Å². The summed E-state index contributed by atoms with van der Waals surface area (Å²) in [6.07, 6.45) is 1.52. The second-order valence-corrected chi connectivity index (χ2v) is 4.00. The van der Waals surface area contributed by atoms with Crippen LogP contribution in [-0.2, 0) is 19.1 Å². The van der Waals surface area contributed by atoms with Crippen LogP contribution in [0.3, 0.4) is 0 Å². The predicted molar refractivity (Wildman–Crippen MR) is 54.8 cm³/mol. The lowest BCUT2D eigenvalue weighted by molar-refractivity contribution is -0.167. The molecule has 0 aromatic heterocycles. The third-order valence-electron chi connectivity index (χ3n) is 2.91. The predicted octanol–water partition coefficient (Wildman–Crippen LogP) is 1.15. The summed E-state index contributed by atoms with van der Waals surface area (Å²) in [6, 6.07) is 0. The quantitative estimate of drug-likeness (QED) is 0.576. The summed E-state index contributed by atoms with van der Waals surface area (Å²) in [5, 5.41) is 8.81. The zero-order valence-corrected chi connectivity index (χ0v) is 9.32. The van der Waals surface area contributed by atoms with Crippen molar-refractivity contribution in [3.05, 3.63) is 0 Å². The number of carboxylic acids is 1. The fourth-order valence-corrected chi connectivity index (χ4v) is 2.09. The molecule has 0 aliphatic heterocycles. The maximum absolute atomic E-state index is 11.8. The Kier molecular flexibility index (Phi) is 4.04. The minimum absolute atomic E-state index is 0.160. The third-order valence-corrected chi connectivity index (χ3v) is 2.91. The van der Waals surface area contributed by atoms with E-state index in [9.17, 15) is 14.4 Å². The molecule has 1 fully saturated rings. The van der Waals surface area contributed by atoms with E-state index >= 15 is 0 Å². The number of ketones is 1. The van der Waals surface area contributed by atoms with Gasteiger partial charge in [0.05, 0.1) is 13.0 Å². The van der Waals surface area contributed by atoms with Crippen LogP contribution in [0.4, 0.5) is 0 Å². The molecule has 0 bridgehead atoms. The van der Waals surface area contributed by atoms with Crippen molar-refractivity contribution in [2.75, 3.05) is 6.61 Å². The highest BCUT2D eigenvalue weighted by atomic mass is 16.5. The van der Waals surface area contributed by atoms with Gasteiger partial charge in [0.25, 0.3) is 0 Å². The molecule has 16 heavy (non-hydrogen) atoms. The number of ether oxygens (including phenoxy) is 1. The minimum atomic E-state index is -1.43. The Balaban J connectivity index is 2.94. The van der Waals surface area contributed by atoms with Crippen molar-refractivity contribution in [3.63, 3.8) is 0 Å². The van der Waals surface area contributed by atoms with Crippen LogP contribution >= 0.6 is 0 Å². The summed E-state index contributed by atoms with van der Waals surface area (Å²) in [4.78, 5) is 34.3. The summed E-state index contributed by atoms with van der Waals surface area (Å²) >= 11 is 0. The van der Waals surface area contributed by atoms with Gasteiger partial charge >= 0.3 is 11.9 Å². The maximum Gasteiger partial charge on any atom is 0.320 e. The van der Waals surface area contributed by atoms with E-state index < -0.39 is 23.8 Å². The molecule has 0 saturated heterocycles. The van der Waals surface area contributed by atoms with Crippen molar-refractivity contribution >= 4 is 17.7 Å². The Bertz CT molecular complexity index is 309. The molecule has 90 valence electrons. The average Bonchev–Trinajstić information content (AvgIpc) is 2.21. The number of esters is 1. The highest BCUT2D eigenvalue weighted by molar-refractivity contribution is 6.06. The van der Waals surface area contributed by atoms with Crippen molar-refractivity contribution in [2.45, 2.75) is 39.0 Å². The lowest BCUT2D eigenvalue weighted by Crippen LogP contribution is -2.44. The smallest absolute Gasteiger partial charge is 0.320 e. The van der Waals surface area contributed by atoms with Gasteiger partial charge in [0.15, 0.2) is 5.78 Å². The molecule has 0 unspecified atom stereocenters. The zero-order chi connectivity index (χ0) is 12.2. The third kappa shape index (κ3) is 2.40. The number of carbonyl (C=O) groups is 3. The van der Waals surface area contributed by atoms with E-state index in [2.05, 4.69) is 0 Å². The number of aliphatic carboxylic acids is 1. The first kappa shape index (κ1) is 12.7. The summed E-state index contributed by atoms with van der Waals surface area (Å²) in [5.41, 5.74) is -1.43. The van der Waals surface area contributed by atoms with E-state index in [1.54, 1.807) is 6.92 Å². The molecular formula is C11H16O5. The molecule has 1 aliphatic carbocycles. The molecule has 1 atom stereocenters. The van der Waals surface area contributed by atoms with E-state index in [-0.39, 0.29) is 25.2 Å². The second-order valence-electron chi connectivity index (χ2n) is 4.00. The SMILES string of the molecule is CCOC(=O)[C@]1(CC(=O)O)CCCCC1=O. The van der Waals surface area contributed by atoms with Gasteiger partial charge in [0, 0.05) is 6.42 Å². The molecule has 1 aliphatic rings. The molecule has 0 radical (unpaired) electrons. The Morgan fingerprint density at radius 1 is 1.44 bits per heavy atom. The highest BCUT2D eigenvalue weighted by Gasteiger charge is 2.49. The number of rotatable bonds is 4. The fraction of sp³-hybridized carbons (Fsp3) is 0.727. The Labute approximate surface area is 93.8 Å². The van der Waals surface area contributed by atoms with Gasteiger partial charge < -0.3 is 9.84 Å². The Morgan fingerprint density at radius 2 is 2.12 bits per heavy atom. The normalized spacial score (nSPS) is 25.2. The van der Waals surface area contributed by atoms with Gasteiger partial charge in [-0.05, 0) is 19.8 Å². The van der Waals surface area contributed by atoms with E-state index in [1.165, 1.54) is 0 Å².